The first-order chi connectivity index (χ1) is 7.62. The van der Waals surface area contributed by atoms with Gasteiger partial charge in [0, 0.05) is 0 Å². The molecule has 0 amide bonds. The topological polar surface area (TPSA) is 50.8 Å². The van der Waals surface area contributed by atoms with E-state index in [1.807, 2.05) is 36.0 Å². The fraction of sp³-hybridized carbons (Fsp3) is 0.300. The average molecular weight is 239 g/mol. The maximum Gasteiger partial charge on any atom is 0.551 e. The maximum absolute atomic E-state index is 11.5. The molecule has 6 heteroatoms. The molecule has 2 heterocycles. The molecule has 1 aromatic carbocycles. The third kappa shape index (κ3) is 1.16. The van der Waals surface area contributed by atoms with Crippen LogP contribution in [-0.2, 0) is 9.32 Å². The second-order valence-corrected chi connectivity index (χ2v) is 6.13. The summed E-state index contributed by atoms with van der Waals surface area (Å²) in [6.07, 6.45) is 0. The lowest BCUT2D eigenvalue weighted by atomic mass is 10.3. The highest BCUT2D eigenvalue weighted by Crippen LogP contribution is 2.69. The number of carbonyl (C=O) groups is 1. The zero-order chi connectivity index (χ0) is 11.3. The molecular weight excluding hydrogens is 227 g/mol. The van der Waals surface area contributed by atoms with Crippen molar-refractivity contribution in [3.63, 3.8) is 0 Å². The highest BCUT2D eigenvalue weighted by Gasteiger charge is 2.65. The molecule has 2 atom stereocenters. The van der Waals surface area contributed by atoms with E-state index in [4.69, 9.17) is 9.05 Å². The fourth-order valence-corrected chi connectivity index (χ4v) is 4.28. The van der Waals surface area contributed by atoms with Crippen LogP contribution in [-0.4, -0.2) is 19.1 Å². The molecule has 0 aromatic heterocycles. The number of rotatable bonds is 0. The third-order valence-electron chi connectivity index (χ3n) is 2.75. The lowest BCUT2D eigenvalue weighted by molar-refractivity contribution is -0.133. The van der Waals surface area contributed by atoms with E-state index in [1.165, 1.54) is 0 Å². The van der Waals surface area contributed by atoms with Gasteiger partial charge in [-0.15, -0.1) is 0 Å². The summed E-state index contributed by atoms with van der Waals surface area (Å²) in [6, 6.07) is 7.34. The van der Waals surface area contributed by atoms with Crippen LogP contribution in [0.25, 0.3) is 0 Å². The van der Waals surface area contributed by atoms with Crippen molar-refractivity contribution in [1.29, 1.82) is 0 Å². The number of benzene rings is 1. The molecule has 1 spiro atoms. The van der Waals surface area contributed by atoms with Crippen molar-refractivity contribution in [2.75, 3.05) is 11.7 Å². The molecule has 1 fully saturated rings. The number of para-hydroxylation sites is 2. The normalized spacial score (nSPS) is 31.5. The Labute approximate surface area is 93.9 Å². The largest absolute Gasteiger partial charge is 0.551 e. The summed E-state index contributed by atoms with van der Waals surface area (Å²) in [5.74, 6) is 0.501. The van der Waals surface area contributed by atoms with Crippen LogP contribution in [0, 0.1) is 0 Å². The fourth-order valence-electron chi connectivity index (χ4n) is 1.86. The van der Waals surface area contributed by atoms with E-state index >= 15 is 0 Å². The van der Waals surface area contributed by atoms with Crippen LogP contribution in [0.5, 0.6) is 5.75 Å². The average Bonchev–Trinajstić information content (AvgIpc) is 2.68. The predicted octanol–water partition coefficient (Wildman–Crippen LogP) is 1.73. The number of hydrogen-bond acceptors (Lipinski definition) is 5. The van der Waals surface area contributed by atoms with Crippen molar-refractivity contribution in [1.82, 2.24) is 5.09 Å². The summed E-state index contributed by atoms with van der Waals surface area (Å²) in [6.45, 7) is 1.78. The summed E-state index contributed by atoms with van der Waals surface area (Å²) in [5.41, 5.74) is 0.949. The molecule has 1 saturated heterocycles. The molecule has 2 aliphatic heterocycles. The van der Waals surface area contributed by atoms with Crippen LogP contribution < -0.4 is 14.3 Å². The van der Waals surface area contributed by atoms with Crippen LogP contribution in [0.4, 0.5) is 5.69 Å². The highest BCUT2D eigenvalue weighted by atomic mass is 31.2. The number of nitrogens with zero attached hydrogens (tertiary/aromatic N) is 1. The number of anilines is 1. The molecule has 1 N–H and O–H groups in total. The Morgan fingerprint density at radius 2 is 2.12 bits per heavy atom. The molecule has 2 aliphatic rings. The van der Waals surface area contributed by atoms with Crippen molar-refractivity contribution in [2.45, 2.75) is 13.0 Å². The monoisotopic (exact) mass is 239 g/mol. The molecule has 0 aliphatic carbocycles. The zero-order valence-electron chi connectivity index (χ0n) is 9.01. The van der Waals surface area contributed by atoms with Gasteiger partial charge in [0.1, 0.15) is 11.7 Å². The second kappa shape index (κ2) is 3.09. The Hall–Kier alpha value is -1.32. The van der Waals surface area contributed by atoms with E-state index in [-0.39, 0.29) is 12.0 Å². The number of fused-ring (bicyclic) bond motifs is 1. The number of carbonyl (C=O) groups excluding carboxylic acids is 1. The Balaban J connectivity index is 2.01. The molecule has 84 valence electrons. The minimum Gasteiger partial charge on any atom is -0.266 e. The molecule has 0 bridgehead atoms. The Morgan fingerprint density at radius 1 is 1.38 bits per heavy atom. The Kier molecular flexibility index (Phi) is 1.91. The van der Waals surface area contributed by atoms with E-state index in [1.54, 1.807) is 6.92 Å². The number of nitrogens with one attached hydrogen (secondary N) is 1. The van der Waals surface area contributed by atoms with Crippen molar-refractivity contribution < 1.29 is 13.8 Å². The summed E-state index contributed by atoms with van der Waals surface area (Å²) >= 11 is 0. The molecule has 3 rings (SSSR count). The van der Waals surface area contributed by atoms with E-state index in [2.05, 4.69) is 5.09 Å². The molecule has 0 saturated carbocycles. The standard InChI is InChI=1S/C10H12N2O3P/c1-7-10(13)15-16(11-7)12(2)8-5-3-4-6-9(8)14-16/h3-7,11H,1-2H3/q+1. The molecule has 2 unspecified atom stereocenters. The first-order valence-electron chi connectivity index (χ1n) is 5.05. The Morgan fingerprint density at radius 3 is 2.75 bits per heavy atom. The predicted molar refractivity (Wildman–Crippen MR) is 61.1 cm³/mol. The van der Waals surface area contributed by atoms with Gasteiger partial charge in [0.25, 0.3) is 0 Å². The second-order valence-electron chi connectivity index (χ2n) is 3.86. The van der Waals surface area contributed by atoms with Gasteiger partial charge in [-0.3, -0.25) is 4.52 Å². The minimum absolute atomic E-state index is 0.256. The van der Waals surface area contributed by atoms with E-state index < -0.39 is 8.02 Å². The first kappa shape index (κ1) is 9.87. The lowest BCUT2D eigenvalue weighted by Gasteiger charge is -2.16. The molecular formula is C10H12N2O3P+. The van der Waals surface area contributed by atoms with Gasteiger partial charge in [-0.1, -0.05) is 17.2 Å². The van der Waals surface area contributed by atoms with Crippen LogP contribution in [0.2, 0.25) is 0 Å². The van der Waals surface area contributed by atoms with Gasteiger partial charge >= 0.3 is 14.0 Å². The summed E-state index contributed by atoms with van der Waals surface area (Å²) in [4.78, 5) is 11.5. The van der Waals surface area contributed by atoms with Crippen molar-refractivity contribution >= 4 is 19.7 Å². The quantitative estimate of drug-likeness (QED) is 0.699. The molecule has 16 heavy (non-hydrogen) atoms. The number of hydrogen-bond donors (Lipinski definition) is 1. The molecule has 1 aromatic rings. The van der Waals surface area contributed by atoms with Gasteiger partial charge in [-0.25, -0.2) is 9.32 Å². The van der Waals surface area contributed by atoms with Gasteiger partial charge < -0.3 is 0 Å². The van der Waals surface area contributed by atoms with Gasteiger partial charge in [0.15, 0.2) is 0 Å². The van der Waals surface area contributed by atoms with Crippen LogP contribution in [0.1, 0.15) is 6.92 Å². The summed E-state index contributed by atoms with van der Waals surface area (Å²) in [5, 5.41) is 3.12. The maximum atomic E-state index is 11.5. The van der Waals surface area contributed by atoms with Crippen molar-refractivity contribution in [3.8, 4) is 5.75 Å². The van der Waals surface area contributed by atoms with Gasteiger partial charge in [0.05, 0.1) is 7.05 Å². The van der Waals surface area contributed by atoms with Crippen LogP contribution in [0.15, 0.2) is 24.3 Å². The molecule has 0 radical (unpaired) electrons. The highest BCUT2D eigenvalue weighted by molar-refractivity contribution is 7.68. The van der Waals surface area contributed by atoms with E-state index in [0.29, 0.717) is 0 Å². The van der Waals surface area contributed by atoms with Crippen LogP contribution in [0.3, 0.4) is 0 Å². The SMILES string of the molecule is CC1N[P+]2(OC1=O)Oc1ccccc1N2C. The summed E-state index contributed by atoms with van der Waals surface area (Å²) in [7, 11) is -0.576. The Bertz CT molecular complexity index is 467. The van der Waals surface area contributed by atoms with Gasteiger partial charge in [0.2, 0.25) is 5.75 Å². The third-order valence-corrected chi connectivity index (χ3v) is 5.35. The molecule has 5 nitrogen and oxygen atoms in total. The van der Waals surface area contributed by atoms with E-state index in [9.17, 15) is 4.79 Å². The van der Waals surface area contributed by atoms with E-state index in [0.717, 1.165) is 11.4 Å². The summed E-state index contributed by atoms with van der Waals surface area (Å²) < 4.78 is 13.1. The van der Waals surface area contributed by atoms with Crippen LogP contribution >= 0.6 is 8.02 Å². The zero-order valence-corrected chi connectivity index (χ0v) is 9.90. The van der Waals surface area contributed by atoms with Gasteiger partial charge in [-0.2, -0.15) is 4.67 Å². The first-order valence-corrected chi connectivity index (χ1v) is 6.63. The van der Waals surface area contributed by atoms with Crippen molar-refractivity contribution in [2.24, 2.45) is 0 Å². The lowest BCUT2D eigenvalue weighted by Crippen LogP contribution is -2.29. The smallest absolute Gasteiger partial charge is 0.266 e. The van der Waals surface area contributed by atoms with Gasteiger partial charge in [-0.05, 0) is 19.1 Å². The minimum atomic E-state index is -2.45. The van der Waals surface area contributed by atoms with Crippen molar-refractivity contribution in [3.05, 3.63) is 24.3 Å².